The third-order valence-corrected chi connectivity index (χ3v) is 3.59. The topological polar surface area (TPSA) is 50.9 Å². The Kier molecular flexibility index (Phi) is 2.55. The molecule has 0 atom stereocenters. The fourth-order valence-corrected chi connectivity index (χ4v) is 1.96. The zero-order valence-corrected chi connectivity index (χ0v) is 9.46. The zero-order valence-electron chi connectivity index (χ0n) is 9.46. The smallest absolute Gasteiger partial charge is 0.146 e. The Balaban J connectivity index is 1.97. The van der Waals surface area contributed by atoms with Crippen molar-refractivity contribution in [1.29, 1.82) is 0 Å². The first-order valence-corrected chi connectivity index (χ1v) is 5.58. The number of hydrogen-bond acceptors (Lipinski definition) is 3. The average Bonchev–Trinajstić information content (AvgIpc) is 2.98. The molecule has 0 bridgehead atoms. The summed E-state index contributed by atoms with van der Waals surface area (Å²) in [4.78, 5) is 4.06. The minimum Gasteiger partial charge on any atom is -0.382 e. The first kappa shape index (κ1) is 10.3. The van der Waals surface area contributed by atoms with Gasteiger partial charge in [-0.25, -0.2) is 4.98 Å². The molecule has 0 aliphatic heterocycles. The molecule has 1 aromatic rings. The molecule has 0 amide bonds. The van der Waals surface area contributed by atoms with E-state index >= 15 is 0 Å². The fourth-order valence-electron chi connectivity index (χ4n) is 1.96. The number of anilines is 2. The minimum atomic E-state index is 0.502. The Labute approximate surface area is 91.1 Å². The number of pyridine rings is 1. The predicted molar refractivity (Wildman–Crippen MR) is 63.6 cm³/mol. The molecule has 82 valence electrons. The van der Waals surface area contributed by atoms with Crippen molar-refractivity contribution in [3.63, 3.8) is 0 Å². The van der Waals surface area contributed by atoms with Gasteiger partial charge < -0.3 is 11.1 Å². The van der Waals surface area contributed by atoms with Crippen LogP contribution in [0.4, 0.5) is 11.5 Å². The molecule has 2 rings (SSSR count). The van der Waals surface area contributed by atoms with E-state index in [0.29, 0.717) is 11.2 Å². The first-order chi connectivity index (χ1) is 7.14. The van der Waals surface area contributed by atoms with Crippen LogP contribution in [-0.4, -0.2) is 11.5 Å². The van der Waals surface area contributed by atoms with Crippen LogP contribution in [0, 0.1) is 11.3 Å². The van der Waals surface area contributed by atoms with E-state index in [-0.39, 0.29) is 0 Å². The monoisotopic (exact) mass is 205 g/mol. The summed E-state index contributed by atoms with van der Waals surface area (Å²) in [5.74, 6) is 1.33. The second-order valence-electron chi connectivity index (χ2n) is 4.81. The van der Waals surface area contributed by atoms with Crippen LogP contribution in [0.5, 0.6) is 0 Å². The van der Waals surface area contributed by atoms with Crippen LogP contribution < -0.4 is 11.1 Å². The van der Waals surface area contributed by atoms with E-state index in [1.54, 1.807) is 6.20 Å². The fraction of sp³-hybridized carbons (Fsp3) is 0.583. The van der Waals surface area contributed by atoms with Gasteiger partial charge in [0.05, 0.1) is 5.69 Å². The number of rotatable bonds is 4. The average molecular weight is 205 g/mol. The van der Waals surface area contributed by atoms with Gasteiger partial charge in [-0.15, -0.1) is 0 Å². The number of aromatic nitrogens is 1. The summed E-state index contributed by atoms with van der Waals surface area (Å²) in [5, 5.41) is 3.41. The van der Waals surface area contributed by atoms with Crippen LogP contribution in [0.25, 0.3) is 0 Å². The van der Waals surface area contributed by atoms with Crippen molar-refractivity contribution in [2.24, 2.45) is 11.3 Å². The largest absolute Gasteiger partial charge is 0.382 e. The number of nitrogen functional groups attached to an aromatic ring is 1. The van der Waals surface area contributed by atoms with Crippen LogP contribution in [0.2, 0.25) is 0 Å². The van der Waals surface area contributed by atoms with E-state index in [0.717, 1.165) is 18.2 Å². The van der Waals surface area contributed by atoms with Crippen molar-refractivity contribution in [2.45, 2.75) is 26.7 Å². The highest BCUT2D eigenvalue weighted by Gasteiger charge is 2.44. The van der Waals surface area contributed by atoms with Crippen molar-refractivity contribution in [3.8, 4) is 0 Å². The predicted octanol–water partition coefficient (Wildman–Crippen LogP) is 2.51. The lowest BCUT2D eigenvalue weighted by Crippen LogP contribution is -2.21. The summed E-state index contributed by atoms with van der Waals surface area (Å²) in [7, 11) is 0. The summed E-state index contributed by atoms with van der Waals surface area (Å²) in [6, 6.07) is 3.90. The van der Waals surface area contributed by atoms with Gasteiger partial charge in [-0.1, -0.05) is 13.8 Å². The molecule has 0 aromatic carbocycles. The Bertz CT molecular complexity index is 342. The van der Waals surface area contributed by atoms with Gasteiger partial charge in [-0.2, -0.15) is 0 Å². The van der Waals surface area contributed by atoms with Gasteiger partial charge in [-0.3, -0.25) is 0 Å². The lowest BCUT2D eigenvalue weighted by atomic mass is 9.92. The van der Waals surface area contributed by atoms with Crippen LogP contribution in [0.15, 0.2) is 18.3 Å². The molecule has 0 unspecified atom stereocenters. The molecule has 0 spiro atoms. The van der Waals surface area contributed by atoms with Gasteiger partial charge in [0.2, 0.25) is 0 Å². The summed E-state index contributed by atoms with van der Waals surface area (Å²) < 4.78 is 0. The standard InChI is InChI=1S/C12H19N3/c1-9(2)12(5-6-12)8-15-10-4-3-7-14-11(10)13/h3-4,7,9,15H,5-6,8H2,1-2H3,(H2,13,14). The molecule has 1 saturated carbocycles. The van der Waals surface area contributed by atoms with E-state index in [4.69, 9.17) is 5.73 Å². The summed E-state index contributed by atoms with van der Waals surface area (Å²) in [6.45, 7) is 5.60. The second-order valence-corrected chi connectivity index (χ2v) is 4.81. The highest BCUT2D eigenvalue weighted by Crippen LogP contribution is 2.51. The highest BCUT2D eigenvalue weighted by molar-refractivity contribution is 5.61. The molecule has 3 N–H and O–H groups in total. The Morgan fingerprint density at radius 1 is 1.53 bits per heavy atom. The van der Waals surface area contributed by atoms with E-state index in [1.165, 1.54) is 12.8 Å². The molecule has 1 aliphatic carbocycles. The lowest BCUT2D eigenvalue weighted by Gasteiger charge is -2.21. The molecule has 0 radical (unpaired) electrons. The minimum absolute atomic E-state index is 0.502. The first-order valence-electron chi connectivity index (χ1n) is 5.58. The molecule has 15 heavy (non-hydrogen) atoms. The Morgan fingerprint density at radius 3 is 2.80 bits per heavy atom. The van der Waals surface area contributed by atoms with Crippen LogP contribution in [-0.2, 0) is 0 Å². The molecule has 1 heterocycles. The Morgan fingerprint density at radius 2 is 2.27 bits per heavy atom. The molecule has 1 aromatic heterocycles. The maximum absolute atomic E-state index is 5.77. The Hall–Kier alpha value is -1.25. The maximum atomic E-state index is 5.77. The van der Waals surface area contributed by atoms with Gasteiger partial charge in [0, 0.05) is 12.7 Å². The van der Waals surface area contributed by atoms with Crippen molar-refractivity contribution in [1.82, 2.24) is 4.98 Å². The summed E-state index contributed by atoms with van der Waals surface area (Å²) in [5.41, 5.74) is 7.24. The van der Waals surface area contributed by atoms with Gasteiger partial charge in [0.25, 0.3) is 0 Å². The summed E-state index contributed by atoms with van der Waals surface area (Å²) in [6.07, 6.45) is 4.38. The quantitative estimate of drug-likeness (QED) is 0.794. The van der Waals surface area contributed by atoms with E-state index in [9.17, 15) is 0 Å². The molecule has 0 saturated heterocycles. The van der Waals surface area contributed by atoms with Crippen LogP contribution in [0.1, 0.15) is 26.7 Å². The van der Waals surface area contributed by atoms with Gasteiger partial charge in [-0.05, 0) is 36.3 Å². The normalized spacial score (nSPS) is 17.8. The van der Waals surface area contributed by atoms with Gasteiger partial charge in [0.15, 0.2) is 0 Å². The number of nitrogens with two attached hydrogens (primary N) is 1. The van der Waals surface area contributed by atoms with Gasteiger partial charge >= 0.3 is 0 Å². The van der Waals surface area contributed by atoms with E-state index in [2.05, 4.69) is 24.1 Å². The van der Waals surface area contributed by atoms with E-state index < -0.39 is 0 Å². The van der Waals surface area contributed by atoms with Crippen molar-refractivity contribution in [3.05, 3.63) is 18.3 Å². The summed E-state index contributed by atoms with van der Waals surface area (Å²) >= 11 is 0. The number of hydrogen-bond donors (Lipinski definition) is 2. The molecule has 3 nitrogen and oxygen atoms in total. The maximum Gasteiger partial charge on any atom is 0.146 e. The third-order valence-electron chi connectivity index (χ3n) is 3.59. The van der Waals surface area contributed by atoms with Crippen LogP contribution >= 0.6 is 0 Å². The molecule has 3 heteroatoms. The highest BCUT2D eigenvalue weighted by atomic mass is 15.0. The van der Waals surface area contributed by atoms with Crippen molar-refractivity contribution >= 4 is 11.5 Å². The van der Waals surface area contributed by atoms with Crippen molar-refractivity contribution < 1.29 is 0 Å². The molecule has 1 aliphatic rings. The number of nitrogens with zero attached hydrogens (tertiary/aromatic N) is 1. The number of nitrogens with one attached hydrogen (secondary N) is 1. The van der Waals surface area contributed by atoms with Crippen molar-refractivity contribution in [2.75, 3.05) is 17.6 Å². The van der Waals surface area contributed by atoms with Crippen LogP contribution in [0.3, 0.4) is 0 Å². The molecular formula is C12H19N3. The van der Waals surface area contributed by atoms with Gasteiger partial charge in [0.1, 0.15) is 5.82 Å². The van der Waals surface area contributed by atoms with E-state index in [1.807, 2.05) is 12.1 Å². The zero-order chi connectivity index (χ0) is 10.9. The molecule has 1 fully saturated rings. The second kappa shape index (κ2) is 3.72. The lowest BCUT2D eigenvalue weighted by molar-refractivity contribution is 0.380. The SMILES string of the molecule is CC(C)C1(CNc2cccnc2N)CC1. The molecular weight excluding hydrogens is 186 g/mol. The third kappa shape index (κ3) is 2.06.